The van der Waals surface area contributed by atoms with Gasteiger partial charge in [0.2, 0.25) is 11.8 Å². The van der Waals surface area contributed by atoms with Crippen molar-refractivity contribution in [1.29, 1.82) is 0 Å². The molecular weight excluding hydrogens is 286 g/mol. The van der Waals surface area contributed by atoms with Crippen LogP contribution in [-0.4, -0.2) is 30.2 Å². The Morgan fingerprint density at radius 1 is 1.30 bits per heavy atom. The Morgan fingerprint density at radius 3 is 2.60 bits per heavy atom. The van der Waals surface area contributed by atoms with Crippen LogP contribution in [0, 0.1) is 11.6 Å². The lowest BCUT2D eigenvalue weighted by Gasteiger charge is -2.13. The fourth-order valence-corrected chi connectivity index (χ4v) is 2.12. The molecule has 1 atom stereocenters. The maximum absolute atomic E-state index is 13.0. The van der Waals surface area contributed by atoms with E-state index >= 15 is 0 Å². The fourth-order valence-electron chi connectivity index (χ4n) is 1.39. The highest BCUT2D eigenvalue weighted by Gasteiger charge is 2.14. The third-order valence-corrected chi connectivity index (χ3v) is 3.38. The standard InChI is InChI=1S/C13H16F2N2O2S/c1-3-16-13(19)8(2)17-12(18)7-20-9-4-5-10(14)11(15)6-9/h4-6,8H,3,7H2,1-2H3,(H,16,19)(H,17,18)/t8-/m1/s1. The number of rotatable bonds is 6. The first-order valence-electron chi connectivity index (χ1n) is 6.09. The molecule has 20 heavy (non-hydrogen) atoms. The van der Waals surface area contributed by atoms with Crippen molar-refractivity contribution in [3.63, 3.8) is 0 Å². The van der Waals surface area contributed by atoms with Gasteiger partial charge in [0.1, 0.15) is 6.04 Å². The molecule has 2 N–H and O–H groups in total. The maximum atomic E-state index is 13.0. The summed E-state index contributed by atoms with van der Waals surface area (Å²) in [6, 6.07) is 2.80. The van der Waals surface area contributed by atoms with Crippen molar-refractivity contribution in [2.24, 2.45) is 0 Å². The molecule has 0 bridgehead atoms. The van der Waals surface area contributed by atoms with Crippen LogP contribution >= 0.6 is 11.8 Å². The van der Waals surface area contributed by atoms with E-state index in [1.54, 1.807) is 13.8 Å². The molecule has 1 aromatic rings. The summed E-state index contributed by atoms with van der Waals surface area (Å²) >= 11 is 1.07. The second-order valence-electron chi connectivity index (χ2n) is 4.05. The van der Waals surface area contributed by atoms with Crippen LogP contribution in [0.2, 0.25) is 0 Å². The van der Waals surface area contributed by atoms with Gasteiger partial charge in [0, 0.05) is 11.4 Å². The predicted molar refractivity (Wildman–Crippen MR) is 73.4 cm³/mol. The Kier molecular flexibility index (Phi) is 6.44. The molecule has 0 aliphatic heterocycles. The summed E-state index contributed by atoms with van der Waals surface area (Å²) in [7, 11) is 0. The van der Waals surface area contributed by atoms with Gasteiger partial charge in [-0.25, -0.2) is 8.78 Å². The van der Waals surface area contributed by atoms with Crippen LogP contribution in [0.25, 0.3) is 0 Å². The van der Waals surface area contributed by atoms with E-state index in [9.17, 15) is 18.4 Å². The number of likely N-dealkylation sites (N-methyl/N-ethyl adjacent to an activating group) is 1. The number of nitrogens with one attached hydrogen (secondary N) is 2. The van der Waals surface area contributed by atoms with E-state index in [1.807, 2.05) is 0 Å². The molecule has 0 spiro atoms. The van der Waals surface area contributed by atoms with Crippen molar-refractivity contribution in [1.82, 2.24) is 10.6 Å². The molecule has 0 saturated heterocycles. The molecule has 1 rings (SSSR count). The molecule has 0 unspecified atom stereocenters. The van der Waals surface area contributed by atoms with E-state index in [-0.39, 0.29) is 17.6 Å². The number of thioether (sulfide) groups is 1. The van der Waals surface area contributed by atoms with Gasteiger partial charge in [0.15, 0.2) is 11.6 Å². The molecule has 2 amide bonds. The van der Waals surface area contributed by atoms with Crippen LogP contribution in [0.3, 0.4) is 0 Å². The first-order valence-corrected chi connectivity index (χ1v) is 7.07. The maximum Gasteiger partial charge on any atom is 0.242 e. The van der Waals surface area contributed by atoms with Gasteiger partial charge in [0.25, 0.3) is 0 Å². The van der Waals surface area contributed by atoms with Gasteiger partial charge < -0.3 is 10.6 Å². The molecule has 0 aliphatic carbocycles. The van der Waals surface area contributed by atoms with E-state index in [4.69, 9.17) is 0 Å². The van der Waals surface area contributed by atoms with Crippen molar-refractivity contribution < 1.29 is 18.4 Å². The molecule has 7 heteroatoms. The number of halogens is 2. The lowest BCUT2D eigenvalue weighted by Crippen LogP contribution is -2.45. The Hall–Kier alpha value is -1.63. The molecule has 0 heterocycles. The third kappa shape index (κ3) is 5.16. The van der Waals surface area contributed by atoms with Gasteiger partial charge in [0.05, 0.1) is 5.75 Å². The topological polar surface area (TPSA) is 58.2 Å². The number of hydrogen-bond acceptors (Lipinski definition) is 3. The molecule has 0 fully saturated rings. The minimum atomic E-state index is -0.953. The quantitative estimate of drug-likeness (QED) is 0.786. The first kappa shape index (κ1) is 16.4. The van der Waals surface area contributed by atoms with E-state index in [2.05, 4.69) is 10.6 Å². The van der Waals surface area contributed by atoms with E-state index < -0.39 is 17.7 Å². The lowest BCUT2D eigenvalue weighted by molar-refractivity contribution is -0.127. The van der Waals surface area contributed by atoms with Gasteiger partial charge in [-0.3, -0.25) is 9.59 Å². The van der Waals surface area contributed by atoms with Crippen LogP contribution < -0.4 is 10.6 Å². The molecule has 1 aromatic carbocycles. The van der Waals surface area contributed by atoms with Gasteiger partial charge in [-0.2, -0.15) is 0 Å². The van der Waals surface area contributed by atoms with Crippen LogP contribution in [0.4, 0.5) is 8.78 Å². The monoisotopic (exact) mass is 302 g/mol. The summed E-state index contributed by atoms with van der Waals surface area (Å²) < 4.78 is 25.7. The highest BCUT2D eigenvalue weighted by Crippen LogP contribution is 2.20. The van der Waals surface area contributed by atoms with Gasteiger partial charge in [-0.1, -0.05) is 0 Å². The molecule has 0 aromatic heterocycles. The Bertz CT molecular complexity index is 497. The average Bonchev–Trinajstić information content (AvgIpc) is 2.40. The largest absolute Gasteiger partial charge is 0.355 e. The predicted octanol–water partition coefficient (Wildman–Crippen LogP) is 1.70. The number of hydrogen-bond donors (Lipinski definition) is 2. The van der Waals surface area contributed by atoms with Crippen LogP contribution in [0.1, 0.15) is 13.8 Å². The van der Waals surface area contributed by atoms with Crippen molar-refractivity contribution in [2.75, 3.05) is 12.3 Å². The van der Waals surface area contributed by atoms with E-state index in [0.29, 0.717) is 11.4 Å². The van der Waals surface area contributed by atoms with E-state index in [0.717, 1.165) is 23.9 Å². The number of carbonyl (C=O) groups excluding carboxylic acids is 2. The number of benzene rings is 1. The van der Waals surface area contributed by atoms with Gasteiger partial charge in [-0.05, 0) is 32.0 Å². The van der Waals surface area contributed by atoms with Crippen LogP contribution in [0.5, 0.6) is 0 Å². The minimum absolute atomic E-state index is 0.0226. The molecular formula is C13H16F2N2O2S. The SMILES string of the molecule is CCNC(=O)[C@@H](C)NC(=O)CSc1ccc(F)c(F)c1. The summed E-state index contributed by atoms with van der Waals surface area (Å²) in [5.41, 5.74) is 0. The number of amides is 2. The Labute approximate surface area is 120 Å². The Morgan fingerprint density at radius 2 is 2.00 bits per heavy atom. The summed E-state index contributed by atoms with van der Waals surface area (Å²) in [5.74, 6) is -2.47. The summed E-state index contributed by atoms with van der Waals surface area (Å²) in [6.07, 6.45) is 0. The van der Waals surface area contributed by atoms with E-state index in [1.165, 1.54) is 6.07 Å². The van der Waals surface area contributed by atoms with Gasteiger partial charge in [-0.15, -0.1) is 11.8 Å². The normalized spacial score (nSPS) is 11.8. The third-order valence-electron chi connectivity index (χ3n) is 2.38. The molecule has 0 aliphatic rings. The van der Waals surface area contributed by atoms with Crippen molar-refractivity contribution >= 4 is 23.6 Å². The Balaban J connectivity index is 2.43. The smallest absolute Gasteiger partial charge is 0.242 e. The second-order valence-corrected chi connectivity index (χ2v) is 5.10. The van der Waals surface area contributed by atoms with Crippen LogP contribution in [-0.2, 0) is 9.59 Å². The minimum Gasteiger partial charge on any atom is -0.355 e. The van der Waals surface area contributed by atoms with Crippen molar-refractivity contribution in [3.05, 3.63) is 29.8 Å². The average molecular weight is 302 g/mol. The second kappa shape index (κ2) is 7.84. The fraction of sp³-hybridized carbons (Fsp3) is 0.385. The van der Waals surface area contributed by atoms with Crippen LogP contribution in [0.15, 0.2) is 23.1 Å². The molecule has 110 valence electrons. The summed E-state index contributed by atoms with van der Waals surface area (Å²) in [4.78, 5) is 23.5. The highest BCUT2D eigenvalue weighted by atomic mass is 32.2. The molecule has 0 radical (unpaired) electrons. The first-order chi connectivity index (χ1) is 9.43. The van der Waals surface area contributed by atoms with Crippen molar-refractivity contribution in [3.8, 4) is 0 Å². The summed E-state index contributed by atoms with van der Waals surface area (Å²) in [6.45, 7) is 3.85. The zero-order valence-electron chi connectivity index (χ0n) is 11.2. The van der Waals surface area contributed by atoms with Gasteiger partial charge >= 0.3 is 0 Å². The molecule has 4 nitrogen and oxygen atoms in total. The lowest BCUT2D eigenvalue weighted by atomic mass is 10.3. The summed E-state index contributed by atoms with van der Waals surface area (Å²) in [5, 5.41) is 5.11. The highest BCUT2D eigenvalue weighted by molar-refractivity contribution is 8.00. The number of carbonyl (C=O) groups is 2. The molecule has 0 saturated carbocycles. The zero-order chi connectivity index (χ0) is 15.1. The zero-order valence-corrected chi connectivity index (χ0v) is 12.0. The van der Waals surface area contributed by atoms with Crippen molar-refractivity contribution in [2.45, 2.75) is 24.8 Å².